The van der Waals surface area contributed by atoms with E-state index in [-0.39, 0.29) is 16.6 Å². The summed E-state index contributed by atoms with van der Waals surface area (Å²) in [7, 11) is 0. The summed E-state index contributed by atoms with van der Waals surface area (Å²) in [6.07, 6.45) is 0. The average molecular weight is 335 g/mol. The summed E-state index contributed by atoms with van der Waals surface area (Å²) in [5.41, 5.74) is 0.0720. The van der Waals surface area contributed by atoms with Crippen LogP contribution in [0.4, 0.5) is 10.1 Å². The predicted molar refractivity (Wildman–Crippen MR) is 71.4 cm³/mol. The molecule has 0 radical (unpaired) electrons. The Hall–Kier alpha value is -0.910. The molecule has 6 heteroatoms. The van der Waals surface area contributed by atoms with Crippen LogP contribution in [0.2, 0.25) is 5.02 Å². The van der Waals surface area contributed by atoms with Crippen molar-refractivity contribution in [3.05, 3.63) is 49.8 Å². The third kappa shape index (κ3) is 2.68. The smallest absolute Gasteiger partial charge is 0.266 e. The Morgan fingerprint density at radius 2 is 2.18 bits per heavy atom. The number of carbonyl (C=O) groups excluding carboxylic acids is 1. The molecule has 0 spiro atoms. The zero-order valence-corrected chi connectivity index (χ0v) is 11.5. The van der Waals surface area contributed by atoms with Crippen molar-refractivity contribution in [2.24, 2.45) is 0 Å². The van der Waals surface area contributed by atoms with Gasteiger partial charge in [0, 0.05) is 4.47 Å². The van der Waals surface area contributed by atoms with Crippen LogP contribution in [0.3, 0.4) is 0 Å². The highest BCUT2D eigenvalue weighted by Gasteiger charge is 2.14. The van der Waals surface area contributed by atoms with Gasteiger partial charge >= 0.3 is 0 Å². The minimum atomic E-state index is -0.629. The Balaban J connectivity index is 2.25. The van der Waals surface area contributed by atoms with Crippen molar-refractivity contribution in [1.82, 2.24) is 0 Å². The summed E-state index contributed by atoms with van der Waals surface area (Å²) in [6, 6.07) is 6.21. The molecule has 2 nitrogen and oxygen atoms in total. The second-order valence-corrected chi connectivity index (χ2v) is 5.33. The van der Waals surface area contributed by atoms with E-state index in [0.717, 1.165) is 0 Å². The molecule has 0 atom stereocenters. The Kier molecular flexibility index (Phi) is 3.81. The molecule has 0 aliphatic rings. The Labute approximate surface area is 115 Å². The predicted octanol–water partition coefficient (Wildman–Crippen LogP) is 4.56. The van der Waals surface area contributed by atoms with Crippen LogP contribution in [-0.2, 0) is 0 Å². The molecule has 1 amide bonds. The summed E-state index contributed by atoms with van der Waals surface area (Å²) >= 11 is 10.1. The molecule has 1 N–H and O–H groups in total. The lowest BCUT2D eigenvalue weighted by Crippen LogP contribution is -2.12. The van der Waals surface area contributed by atoms with E-state index < -0.39 is 5.82 Å². The third-order valence-corrected chi connectivity index (χ3v) is 4.15. The first-order valence-electron chi connectivity index (χ1n) is 4.58. The summed E-state index contributed by atoms with van der Waals surface area (Å²) in [6.45, 7) is 0. The van der Waals surface area contributed by atoms with Crippen molar-refractivity contribution in [2.75, 3.05) is 5.32 Å². The second-order valence-electron chi connectivity index (χ2n) is 3.15. The van der Waals surface area contributed by atoms with E-state index in [0.29, 0.717) is 9.35 Å². The van der Waals surface area contributed by atoms with Crippen LogP contribution in [0, 0.1) is 5.82 Å². The van der Waals surface area contributed by atoms with Crippen LogP contribution in [0.5, 0.6) is 0 Å². The van der Waals surface area contributed by atoms with Gasteiger partial charge in [-0.15, -0.1) is 11.3 Å². The number of rotatable bonds is 2. The van der Waals surface area contributed by atoms with Gasteiger partial charge in [0.15, 0.2) is 5.82 Å². The molecule has 0 unspecified atom stereocenters. The Morgan fingerprint density at radius 3 is 2.82 bits per heavy atom. The number of benzene rings is 1. The first kappa shape index (κ1) is 12.5. The van der Waals surface area contributed by atoms with E-state index >= 15 is 0 Å². The van der Waals surface area contributed by atoms with Gasteiger partial charge in [-0.3, -0.25) is 4.79 Å². The molecule has 0 fully saturated rings. The van der Waals surface area contributed by atoms with Crippen LogP contribution < -0.4 is 5.32 Å². The molecular weight excluding hydrogens is 329 g/mol. The molecule has 1 aromatic heterocycles. The Bertz CT molecular complexity index is 572. The van der Waals surface area contributed by atoms with Crippen molar-refractivity contribution < 1.29 is 9.18 Å². The van der Waals surface area contributed by atoms with Gasteiger partial charge in [-0.25, -0.2) is 4.39 Å². The van der Waals surface area contributed by atoms with Crippen LogP contribution in [0.1, 0.15) is 9.67 Å². The summed E-state index contributed by atoms with van der Waals surface area (Å²) in [5.74, 6) is -0.997. The standard InChI is InChI=1S/C11H6BrClFNOS/c12-6-4-5-17-10(6)11(16)15-8-3-1-2-7(13)9(8)14/h1-5H,(H,15,16). The topological polar surface area (TPSA) is 29.1 Å². The van der Waals surface area contributed by atoms with Gasteiger partial charge in [0.2, 0.25) is 0 Å². The van der Waals surface area contributed by atoms with E-state index in [1.165, 1.54) is 23.5 Å². The Morgan fingerprint density at radius 1 is 1.41 bits per heavy atom. The molecule has 0 saturated heterocycles. The maximum absolute atomic E-state index is 13.5. The molecule has 88 valence electrons. The maximum Gasteiger partial charge on any atom is 0.266 e. The van der Waals surface area contributed by atoms with E-state index in [9.17, 15) is 9.18 Å². The van der Waals surface area contributed by atoms with Crippen LogP contribution in [0.25, 0.3) is 0 Å². The maximum atomic E-state index is 13.5. The molecule has 17 heavy (non-hydrogen) atoms. The lowest BCUT2D eigenvalue weighted by Gasteiger charge is -2.06. The fourth-order valence-corrected chi connectivity index (χ4v) is 2.86. The molecule has 2 rings (SSSR count). The molecule has 0 aliphatic carbocycles. The SMILES string of the molecule is O=C(Nc1cccc(Cl)c1F)c1sccc1Br. The number of nitrogens with one attached hydrogen (secondary N) is 1. The highest BCUT2D eigenvalue weighted by molar-refractivity contribution is 9.10. The fraction of sp³-hybridized carbons (Fsp3) is 0. The summed E-state index contributed by atoms with van der Waals surface area (Å²) in [4.78, 5) is 12.3. The molecule has 0 bridgehead atoms. The average Bonchev–Trinajstić information content (AvgIpc) is 2.71. The number of hydrogen-bond donors (Lipinski definition) is 1. The summed E-state index contributed by atoms with van der Waals surface area (Å²) in [5, 5.41) is 4.23. The molecule has 2 aromatic rings. The highest BCUT2D eigenvalue weighted by Crippen LogP contribution is 2.26. The molecule has 0 aliphatic heterocycles. The van der Waals surface area contributed by atoms with Gasteiger partial charge in [-0.1, -0.05) is 17.7 Å². The molecule has 1 heterocycles. The number of halogens is 3. The highest BCUT2D eigenvalue weighted by atomic mass is 79.9. The van der Waals surface area contributed by atoms with Gasteiger partial charge in [0.05, 0.1) is 10.7 Å². The van der Waals surface area contributed by atoms with Gasteiger partial charge in [-0.2, -0.15) is 0 Å². The quantitative estimate of drug-likeness (QED) is 0.857. The first-order chi connectivity index (χ1) is 8.09. The van der Waals surface area contributed by atoms with Crippen LogP contribution in [0.15, 0.2) is 34.1 Å². The monoisotopic (exact) mass is 333 g/mol. The van der Waals surface area contributed by atoms with Crippen molar-refractivity contribution in [1.29, 1.82) is 0 Å². The van der Waals surface area contributed by atoms with Crippen LogP contribution in [-0.4, -0.2) is 5.91 Å². The number of carbonyl (C=O) groups is 1. The summed E-state index contributed by atoms with van der Waals surface area (Å²) < 4.78 is 14.2. The number of thiophene rings is 1. The van der Waals surface area contributed by atoms with Gasteiger partial charge in [-0.05, 0) is 39.5 Å². The first-order valence-corrected chi connectivity index (χ1v) is 6.63. The largest absolute Gasteiger partial charge is 0.319 e. The lowest BCUT2D eigenvalue weighted by molar-refractivity contribution is 0.102. The minimum absolute atomic E-state index is 0.0203. The second kappa shape index (κ2) is 5.16. The van der Waals surface area contributed by atoms with E-state index in [4.69, 9.17) is 11.6 Å². The number of amides is 1. The van der Waals surface area contributed by atoms with E-state index in [1.54, 1.807) is 17.5 Å². The van der Waals surface area contributed by atoms with Crippen molar-refractivity contribution >= 4 is 50.5 Å². The minimum Gasteiger partial charge on any atom is -0.319 e. The van der Waals surface area contributed by atoms with Gasteiger partial charge in [0.25, 0.3) is 5.91 Å². The molecular formula is C11H6BrClFNOS. The van der Waals surface area contributed by atoms with Gasteiger partial charge in [0.1, 0.15) is 4.88 Å². The normalized spacial score (nSPS) is 10.3. The molecule has 0 saturated carbocycles. The molecule has 1 aromatic carbocycles. The number of anilines is 1. The fourth-order valence-electron chi connectivity index (χ4n) is 1.24. The zero-order valence-electron chi connectivity index (χ0n) is 8.34. The third-order valence-electron chi connectivity index (χ3n) is 2.02. The zero-order chi connectivity index (χ0) is 12.4. The van der Waals surface area contributed by atoms with E-state index in [1.807, 2.05) is 0 Å². The number of hydrogen-bond acceptors (Lipinski definition) is 2. The van der Waals surface area contributed by atoms with Crippen molar-refractivity contribution in [3.8, 4) is 0 Å². The van der Waals surface area contributed by atoms with E-state index in [2.05, 4.69) is 21.2 Å². The van der Waals surface area contributed by atoms with Crippen molar-refractivity contribution in [2.45, 2.75) is 0 Å². The van der Waals surface area contributed by atoms with Gasteiger partial charge < -0.3 is 5.32 Å². The van der Waals surface area contributed by atoms with Crippen LogP contribution >= 0.6 is 38.9 Å². The van der Waals surface area contributed by atoms with Crippen molar-refractivity contribution in [3.63, 3.8) is 0 Å². The lowest BCUT2D eigenvalue weighted by atomic mass is 10.3.